The van der Waals surface area contributed by atoms with Crippen LogP contribution < -0.4 is 15.6 Å². The smallest absolute Gasteiger partial charge is 0.260 e. The van der Waals surface area contributed by atoms with Crippen molar-refractivity contribution in [1.29, 1.82) is 0 Å². The summed E-state index contributed by atoms with van der Waals surface area (Å²) in [7, 11) is 1.53. The standard InChI is InChI=1S/C20H20ClN3O3S2/c1-10-3-5-12-15(7-10)29-19-17(12)18(26)23-20(24-19)28-9-16(25)22-13-8-11(21)4-6-14(13)27-2/h4,6,8,10H,3,5,7,9H2,1-2H3,(H,22,25)(H,23,24,26)/t10-/m0/s1. The van der Waals surface area contributed by atoms with E-state index in [1.165, 1.54) is 23.7 Å². The Bertz CT molecular complexity index is 1140. The highest BCUT2D eigenvalue weighted by Crippen LogP contribution is 2.36. The van der Waals surface area contributed by atoms with Gasteiger partial charge in [0.2, 0.25) is 5.91 Å². The van der Waals surface area contributed by atoms with Crippen LogP contribution in [0.5, 0.6) is 5.75 Å². The molecule has 2 aromatic heterocycles. The van der Waals surface area contributed by atoms with Crippen LogP contribution in [0.25, 0.3) is 10.2 Å². The van der Waals surface area contributed by atoms with Crippen molar-refractivity contribution < 1.29 is 9.53 Å². The zero-order chi connectivity index (χ0) is 20.5. The van der Waals surface area contributed by atoms with Gasteiger partial charge in [0.15, 0.2) is 5.16 Å². The maximum absolute atomic E-state index is 12.6. The number of carbonyl (C=O) groups is 1. The molecule has 0 fully saturated rings. The lowest BCUT2D eigenvalue weighted by atomic mass is 9.89. The molecule has 0 saturated heterocycles. The first-order chi connectivity index (χ1) is 13.9. The SMILES string of the molecule is COc1ccc(Cl)cc1NC(=O)CSc1nc2sc3c(c2c(=O)[nH]1)CC[C@H](C)C3. The first-order valence-electron chi connectivity index (χ1n) is 9.25. The highest BCUT2D eigenvalue weighted by atomic mass is 35.5. The van der Waals surface area contributed by atoms with E-state index in [9.17, 15) is 9.59 Å². The number of thioether (sulfide) groups is 1. The van der Waals surface area contributed by atoms with E-state index < -0.39 is 0 Å². The molecule has 1 atom stereocenters. The molecule has 0 unspecified atom stereocenters. The number of anilines is 1. The van der Waals surface area contributed by atoms with Gasteiger partial charge in [-0.05, 0) is 48.9 Å². The van der Waals surface area contributed by atoms with Gasteiger partial charge in [0.05, 0.1) is 23.9 Å². The highest BCUT2D eigenvalue weighted by molar-refractivity contribution is 7.99. The minimum absolute atomic E-state index is 0.103. The van der Waals surface area contributed by atoms with E-state index in [0.29, 0.717) is 27.5 Å². The third-order valence-corrected chi connectivity index (χ3v) is 7.18. The van der Waals surface area contributed by atoms with Gasteiger partial charge >= 0.3 is 0 Å². The molecule has 9 heteroatoms. The third-order valence-electron chi connectivity index (χ3n) is 4.92. The Balaban J connectivity index is 1.49. The molecule has 1 aliphatic rings. The topological polar surface area (TPSA) is 84.1 Å². The summed E-state index contributed by atoms with van der Waals surface area (Å²) in [5.74, 6) is 1.03. The van der Waals surface area contributed by atoms with E-state index in [4.69, 9.17) is 16.3 Å². The zero-order valence-electron chi connectivity index (χ0n) is 16.0. The number of aromatic nitrogens is 2. The summed E-state index contributed by atoms with van der Waals surface area (Å²) in [6.07, 6.45) is 3.03. The number of aromatic amines is 1. The maximum Gasteiger partial charge on any atom is 0.260 e. The highest BCUT2D eigenvalue weighted by Gasteiger charge is 2.23. The number of amides is 1. The Kier molecular flexibility index (Phi) is 5.85. The summed E-state index contributed by atoms with van der Waals surface area (Å²) in [4.78, 5) is 34.4. The predicted molar refractivity (Wildman–Crippen MR) is 119 cm³/mol. The van der Waals surface area contributed by atoms with Gasteiger partial charge in [0, 0.05) is 9.90 Å². The van der Waals surface area contributed by atoms with Crippen LogP contribution >= 0.6 is 34.7 Å². The number of hydrogen-bond donors (Lipinski definition) is 2. The van der Waals surface area contributed by atoms with Crippen LogP contribution in [-0.2, 0) is 17.6 Å². The van der Waals surface area contributed by atoms with Gasteiger partial charge in [-0.1, -0.05) is 30.3 Å². The fourth-order valence-corrected chi connectivity index (χ4v) is 5.77. The fourth-order valence-electron chi connectivity index (χ4n) is 3.50. The van der Waals surface area contributed by atoms with E-state index in [-0.39, 0.29) is 17.2 Å². The number of benzene rings is 1. The third kappa shape index (κ3) is 4.29. The van der Waals surface area contributed by atoms with Gasteiger partial charge < -0.3 is 15.0 Å². The molecule has 152 valence electrons. The van der Waals surface area contributed by atoms with Gasteiger partial charge in [-0.15, -0.1) is 11.3 Å². The number of methoxy groups -OCH3 is 1. The fraction of sp³-hybridized carbons (Fsp3) is 0.350. The van der Waals surface area contributed by atoms with Crippen LogP contribution in [0.15, 0.2) is 28.2 Å². The van der Waals surface area contributed by atoms with E-state index in [1.54, 1.807) is 29.5 Å². The van der Waals surface area contributed by atoms with Gasteiger partial charge in [-0.2, -0.15) is 0 Å². The lowest BCUT2D eigenvalue weighted by molar-refractivity contribution is -0.113. The molecule has 2 heterocycles. The van der Waals surface area contributed by atoms with Gasteiger partial charge in [0.1, 0.15) is 10.6 Å². The number of H-pyrrole nitrogens is 1. The summed E-state index contributed by atoms with van der Waals surface area (Å²) in [6.45, 7) is 2.24. The number of fused-ring (bicyclic) bond motifs is 3. The van der Waals surface area contributed by atoms with Crippen LogP contribution in [0.3, 0.4) is 0 Å². The molecule has 0 saturated carbocycles. The molecule has 29 heavy (non-hydrogen) atoms. The molecule has 0 spiro atoms. The van der Waals surface area contributed by atoms with Crippen molar-refractivity contribution in [3.05, 3.63) is 44.0 Å². The van der Waals surface area contributed by atoms with E-state index in [2.05, 4.69) is 22.2 Å². The molecule has 1 amide bonds. The number of aryl methyl sites for hydroxylation is 1. The van der Waals surface area contributed by atoms with E-state index in [1.807, 2.05) is 0 Å². The summed E-state index contributed by atoms with van der Waals surface area (Å²) < 4.78 is 5.24. The molecular formula is C20H20ClN3O3S2. The second kappa shape index (κ2) is 8.38. The normalized spacial score (nSPS) is 15.9. The quantitative estimate of drug-likeness (QED) is 0.442. The van der Waals surface area contributed by atoms with Crippen LogP contribution in [0.4, 0.5) is 5.69 Å². The predicted octanol–water partition coefficient (Wildman–Crippen LogP) is 4.50. The van der Waals surface area contributed by atoms with Crippen LogP contribution in [0, 0.1) is 5.92 Å². The number of carbonyl (C=O) groups excluding carboxylic acids is 1. The molecule has 6 nitrogen and oxygen atoms in total. The summed E-state index contributed by atoms with van der Waals surface area (Å²) in [5.41, 5.74) is 1.53. The number of hydrogen-bond acceptors (Lipinski definition) is 6. The number of nitrogens with one attached hydrogen (secondary N) is 2. The van der Waals surface area contributed by atoms with Gasteiger partial charge in [-0.3, -0.25) is 9.59 Å². The largest absolute Gasteiger partial charge is 0.495 e. The number of ether oxygens (including phenoxy) is 1. The number of thiophene rings is 1. The minimum atomic E-state index is -0.238. The maximum atomic E-state index is 12.6. The average Bonchev–Trinajstić information content (AvgIpc) is 3.04. The Morgan fingerprint density at radius 2 is 2.31 bits per heavy atom. The lowest BCUT2D eigenvalue weighted by Crippen LogP contribution is -2.16. The van der Waals surface area contributed by atoms with Crippen molar-refractivity contribution in [2.24, 2.45) is 5.92 Å². The zero-order valence-corrected chi connectivity index (χ0v) is 18.4. The Labute approximate surface area is 181 Å². The lowest BCUT2D eigenvalue weighted by Gasteiger charge is -2.17. The molecule has 1 aliphatic carbocycles. The van der Waals surface area contributed by atoms with Crippen molar-refractivity contribution in [1.82, 2.24) is 9.97 Å². The molecule has 0 aliphatic heterocycles. The number of halogens is 1. The Hall–Kier alpha value is -2.03. The second-order valence-electron chi connectivity index (χ2n) is 7.08. The first-order valence-corrected chi connectivity index (χ1v) is 11.4. The van der Waals surface area contributed by atoms with Crippen LogP contribution in [-0.4, -0.2) is 28.7 Å². The molecule has 1 aromatic carbocycles. The summed E-state index contributed by atoms with van der Waals surface area (Å²) >= 11 is 8.79. The van der Waals surface area contributed by atoms with Crippen molar-refractivity contribution >= 4 is 56.5 Å². The number of nitrogens with zero attached hydrogens (tertiary/aromatic N) is 1. The molecule has 0 bridgehead atoms. The Morgan fingerprint density at radius 3 is 3.10 bits per heavy atom. The molecule has 0 radical (unpaired) electrons. The Morgan fingerprint density at radius 1 is 1.48 bits per heavy atom. The average molecular weight is 450 g/mol. The van der Waals surface area contributed by atoms with E-state index in [0.717, 1.165) is 35.0 Å². The summed E-state index contributed by atoms with van der Waals surface area (Å²) in [6, 6.07) is 5.01. The number of rotatable bonds is 5. The van der Waals surface area contributed by atoms with E-state index >= 15 is 0 Å². The molecule has 2 N–H and O–H groups in total. The van der Waals surface area contributed by atoms with Crippen molar-refractivity contribution in [3.63, 3.8) is 0 Å². The van der Waals surface area contributed by atoms with Gasteiger partial charge in [0.25, 0.3) is 5.56 Å². The monoisotopic (exact) mass is 449 g/mol. The van der Waals surface area contributed by atoms with Crippen molar-refractivity contribution in [3.8, 4) is 5.75 Å². The van der Waals surface area contributed by atoms with Crippen molar-refractivity contribution in [2.45, 2.75) is 31.3 Å². The van der Waals surface area contributed by atoms with Crippen LogP contribution in [0.1, 0.15) is 23.8 Å². The first kappa shape index (κ1) is 20.3. The molecular weight excluding hydrogens is 430 g/mol. The van der Waals surface area contributed by atoms with Gasteiger partial charge in [-0.25, -0.2) is 4.98 Å². The molecule has 3 aromatic rings. The summed E-state index contributed by atoms with van der Waals surface area (Å²) in [5, 5.41) is 4.45. The second-order valence-corrected chi connectivity index (χ2v) is 9.57. The van der Waals surface area contributed by atoms with Crippen molar-refractivity contribution in [2.75, 3.05) is 18.2 Å². The molecule has 4 rings (SSSR count). The minimum Gasteiger partial charge on any atom is -0.495 e. The van der Waals surface area contributed by atoms with Crippen LogP contribution in [0.2, 0.25) is 5.02 Å².